The number of anilines is 1. The summed E-state index contributed by atoms with van der Waals surface area (Å²) < 4.78 is 10.9. The number of rotatable bonds is 5. The maximum Gasteiger partial charge on any atom is 0.264 e. The largest absolute Gasteiger partial charge is 0.495 e. The van der Waals surface area contributed by atoms with Crippen LogP contribution in [-0.2, 0) is 16.0 Å². The highest BCUT2D eigenvalue weighted by Gasteiger charge is 2.31. The number of halogens is 1. The summed E-state index contributed by atoms with van der Waals surface area (Å²) in [7, 11) is 3.08. The Morgan fingerprint density at radius 1 is 1.31 bits per heavy atom. The minimum atomic E-state index is -0.606. The molecule has 1 unspecified atom stereocenters. The van der Waals surface area contributed by atoms with Crippen LogP contribution in [0.25, 0.3) is 0 Å². The van der Waals surface area contributed by atoms with E-state index in [1.54, 1.807) is 25.2 Å². The molecule has 0 aliphatic carbocycles. The third-order valence-electron chi connectivity index (χ3n) is 4.12. The first-order valence-corrected chi connectivity index (χ1v) is 8.48. The first kappa shape index (κ1) is 18.1. The lowest BCUT2D eigenvalue weighted by molar-refractivity contribution is -0.139. The monoisotopic (exact) mass is 374 g/mol. The molecule has 7 heteroatoms. The van der Waals surface area contributed by atoms with E-state index >= 15 is 0 Å². The Hall–Kier alpha value is -2.73. The van der Waals surface area contributed by atoms with Crippen LogP contribution in [0.5, 0.6) is 11.5 Å². The van der Waals surface area contributed by atoms with Gasteiger partial charge in [-0.2, -0.15) is 0 Å². The van der Waals surface area contributed by atoms with E-state index in [1.807, 2.05) is 24.3 Å². The minimum Gasteiger partial charge on any atom is -0.495 e. The summed E-state index contributed by atoms with van der Waals surface area (Å²) in [6, 6.07) is 12.5. The molecule has 2 aromatic rings. The van der Waals surface area contributed by atoms with Gasteiger partial charge in [-0.15, -0.1) is 0 Å². The second-order valence-electron chi connectivity index (χ2n) is 6.01. The summed E-state index contributed by atoms with van der Waals surface area (Å²) in [5, 5.41) is 3.19. The van der Waals surface area contributed by atoms with Crippen LogP contribution in [0.2, 0.25) is 5.02 Å². The number of ether oxygens (including phenoxy) is 2. The number of carbonyl (C=O) groups is 2. The van der Waals surface area contributed by atoms with Crippen LogP contribution in [0.15, 0.2) is 42.5 Å². The van der Waals surface area contributed by atoms with Crippen molar-refractivity contribution in [2.24, 2.45) is 0 Å². The molecule has 1 N–H and O–H groups in total. The molecule has 1 atom stereocenters. The second kappa shape index (κ2) is 7.66. The second-order valence-corrected chi connectivity index (χ2v) is 6.44. The lowest BCUT2D eigenvalue weighted by Gasteiger charge is -2.20. The fraction of sp³-hybridized carbons (Fsp3) is 0.263. The van der Waals surface area contributed by atoms with Crippen molar-refractivity contribution in [1.82, 2.24) is 4.90 Å². The summed E-state index contributed by atoms with van der Waals surface area (Å²) >= 11 is 5.96. The Morgan fingerprint density at radius 2 is 2.08 bits per heavy atom. The SMILES string of the molecule is COc1ccc(Cl)cc1NC(=O)CN(C)C(=O)C1Cc2ccccc2O1. The van der Waals surface area contributed by atoms with Crippen molar-refractivity contribution in [2.75, 3.05) is 26.0 Å². The molecule has 0 aromatic heterocycles. The van der Waals surface area contributed by atoms with Gasteiger partial charge in [-0.3, -0.25) is 9.59 Å². The molecule has 0 saturated heterocycles. The number of hydrogen-bond acceptors (Lipinski definition) is 4. The van der Waals surface area contributed by atoms with E-state index in [9.17, 15) is 9.59 Å². The highest BCUT2D eigenvalue weighted by atomic mass is 35.5. The molecule has 26 heavy (non-hydrogen) atoms. The van der Waals surface area contributed by atoms with Crippen LogP contribution in [0.4, 0.5) is 5.69 Å². The minimum absolute atomic E-state index is 0.106. The number of nitrogens with zero attached hydrogens (tertiary/aromatic N) is 1. The third kappa shape index (κ3) is 3.91. The predicted octanol–water partition coefficient (Wildman–Crippen LogP) is 2.75. The van der Waals surface area contributed by atoms with Crippen LogP contribution in [0.1, 0.15) is 5.56 Å². The Balaban J connectivity index is 1.60. The van der Waals surface area contributed by atoms with Gasteiger partial charge in [0.1, 0.15) is 11.5 Å². The molecule has 1 aliphatic rings. The van der Waals surface area contributed by atoms with Crippen molar-refractivity contribution in [3.8, 4) is 11.5 Å². The van der Waals surface area contributed by atoms with Crippen molar-refractivity contribution in [3.63, 3.8) is 0 Å². The number of methoxy groups -OCH3 is 1. The molecule has 3 rings (SSSR count). The number of amides is 2. The number of fused-ring (bicyclic) bond motifs is 1. The molecule has 0 spiro atoms. The average molecular weight is 375 g/mol. The molecule has 2 amide bonds. The molecule has 2 aromatic carbocycles. The summed E-state index contributed by atoms with van der Waals surface area (Å²) in [5.74, 6) is 0.616. The van der Waals surface area contributed by atoms with Crippen molar-refractivity contribution in [3.05, 3.63) is 53.1 Å². The lowest BCUT2D eigenvalue weighted by atomic mass is 10.1. The van der Waals surface area contributed by atoms with Gasteiger partial charge in [-0.05, 0) is 29.8 Å². The van der Waals surface area contributed by atoms with Gasteiger partial charge in [0, 0.05) is 18.5 Å². The zero-order valence-corrected chi connectivity index (χ0v) is 15.2. The van der Waals surface area contributed by atoms with Crippen LogP contribution in [0.3, 0.4) is 0 Å². The number of nitrogens with one attached hydrogen (secondary N) is 1. The quantitative estimate of drug-likeness (QED) is 0.873. The standard InChI is InChI=1S/C19H19ClN2O4/c1-22(19(24)17-9-12-5-3-4-6-15(12)26-17)11-18(23)21-14-10-13(20)7-8-16(14)25-2/h3-8,10,17H,9,11H2,1-2H3,(H,21,23). The van der Waals surface area contributed by atoms with E-state index in [4.69, 9.17) is 21.1 Å². The molecule has 0 bridgehead atoms. The summed E-state index contributed by atoms with van der Waals surface area (Å²) in [6.07, 6.45) is -0.103. The van der Waals surface area contributed by atoms with Gasteiger partial charge in [-0.1, -0.05) is 29.8 Å². The molecule has 0 saturated carbocycles. The van der Waals surface area contributed by atoms with Crippen molar-refractivity contribution in [1.29, 1.82) is 0 Å². The molecule has 6 nitrogen and oxygen atoms in total. The maximum absolute atomic E-state index is 12.6. The highest BCUT2D eigenvalue weighted by molar-refractivity contribution is 6.31. The molecular weight excluding hydrogens is 356 g/mol. The Labute approximate surface area is 156 Å². The Bertz CT molecular complexity index is 815. The Morgan fingerprint density at radius 3 is 2.81 bits per heavy atom. The first-order valence-electron chi connectivity index (χ1n) is 8.11. The number of hydrogen-bond donors (Lipinski definition) is 1. The van der Waals surface area contributed by atoms with Crippen molar-refractivity contribution >= 4 is 29.1 Å². The third-order valence-corrected chi connectivity index (χ3v) is 4.35. The van der Waals surface area contributed by atoms with Gasteiger partial charge in [0.05, 0.1) is 19.3 Å². The highest BCUT2D eigenvalue weighted by Crippen LogP contribution is 2.29. The van der Waals surface area contributed by atoms with E-state index in [0.29, 0.717) is 28.6 Å². The van der Waals surface area contributed by atoms with E-state index in [-0.39, 0.29) is 18.4 Å². The number of carbonyl (C=O) groups excluding carboxylic acids is 2. The number of benzene rings is 2. The fourth-order valence-corrected chi connectivity index (χ4v) is 3.00. The molecule has 0 radical (unpaired) electrons. The number of likely N-dealkylation sites (N-methyl/N-ethyl adjacent to an activating group) is 1. The van der Waals surface area contributed by atoms with E-state index in [0.717, 1.165) is 5.56 Å². The van der Waals surface area contributed by atoms with Gasteiger partial charge in [0.2, 0.25) is 5.91 Å². The van der Waals surface area contributed by atoms with Crippen molar-refractivity contribution in [2.45, 2.75) is 12.5 Å². The molecular formula is C19H19ClN2O4. The molecule has 1 aliphatic heterocycles. The van der Waals surface area contributed by atoms with Crippen LogP contribution < -0.4 is 14.8 Å². The average Bonchev–Trinajstić information content (AvgIpc) is 3.05. The van der Waals surface area contributed by atoms with Crippen LogP contribution in [0, 0.1) is 0 Å². The lowest BCUT2D eigenvalue weighted by Crippen LogP contribution is -2.42. The normalized spacial score (nSPS) is 15.0. The Kier molecular flexibility index (Phi) is 5.32. The summed E-state index contributed by atoms with van der Waals surface area (Å²) in [5.41, 5.74) is 1.45. The van der Waals surface area contributed by atoms with E-state index < -0.39 is 6.10 Å². The summed E-state index contributed by atoms with van der Waals surface area (Å²) in [4.78, 5) is 26.2. The van der Waals surface area contributed by atoms with E-state index in [2.05, 4.69) is 5.32 Å². The van der Waals surface area contributed by atoms with Gasteiger partial charge in [0.25, 0.3) is 5.91 Å². The molecule has 1 heterocycles. The number of para-hydroxylation sites is 1. The van der Waals surface area contributed by atoms with Gasteiger partial charge < -0.3 is 19.7 Å². The zero-order chi connectivity index (χ0) is 18.7. The van der Waals surface area contributed by atoms with E-state index in [1.165, 1.54) is 12.0 Å². The topological polar surface area (TPSA) is 67.9 Å². The maximum atomic E-state index is 12.6. The van der Waals surface area contributed by atoms with Gasteiger partial charge in [0.15, 0.2) is 6.10 Å². The zero-order valence-electron chi connectivity index (χ0n) is 14.5. The van der Waals surface area contributed by atoms with Gasteiger partial charge in [-0.25, -0.2) is 0 Å². The molecule has 0 fully saturated rings. The van der Waals surface area contributed by atoms with Crippen LogP contribution in [-0.4, -0.2) is 43.5 Å². The summed E-state index contributed by atoms with van der Waals surface area (Å²) in [6.45, 7) is -0.106. The smallest absolute Gasteiger partial charge is 0.264 e. The predicted molar refractivity (Wildman–Crippen MR) is 98.8 cm³/mol. The fourth-order valence-electron chi connectivity index (χ4n) is 2.83. The first-order chi connectivity index (χ1) is 12.5. The van der Waals surface area contributed by atoms with Crippen molar-refractivity contribution < 1.29 is 19.1 Å². The van der Waals surface area contributed by atoms with Gasteiger partial charge >= 0.3 is 0 Å². The molecule has 136 valence electrons. The van der Waals surface area contributed by atoms with Crippen LogP contribution >= 0.6 is 11.6 Å².